The second kappa shape index (κ2) is 7.68. The second-order valence-electron chi connectivity index (χ2n) is 4.67. The molecule has 0 unspecified atom stereocenters. The SMILES string of the molecule is O=[N+]([O-])Sc1ccc(C2=CNN(c3ccc(S[N+](=O)[O-])cc3)S2)cc1. The van der Waals surface area contributed by atoms with Gasteiger partial charge in [0, 0.05) is 18.1 Å². The summed E-state index contributed by atoms with van der Waals surface area (Å²) in [5.74, 6) is 0. The first-order valence-electron chi connectivity index (χ1n) is 6.81. The van der Waals surface area contributed by atoms with Crippen molar-refractivity contribution in [2.24, 2.45) is 0 Å². The molecule has 0 saturated heterocycles. The van der Waals surface area contributed by atoms with Gasteiger partial charge in [-0.3, -0.25) is 25.7 Å². The maximum absolute atomic E-state index is 10.5. The first-order valence-corrected chi connectivity index (χ1v) is 9.13. The molecule has 1 aliphatic rings. The van der Waals surface area contributed by atoms with E-state index < -0.39 is 8.66 Å². The third kappa shape index (κ3) is 4.59. The summed E-state index contributed by atoms with van der Waals surface area (Å²) >= 11 is 2.60. The van der Waals surface area contributed by atoms with E-state index in [-0.39, 0.29) is 0 Å². The fourth-order valence-corrected chi connectivity index (χ4v) is 3.76. The van der Waals surface area contributed by atoms with Crippen molar-refractivity contribution in [3.8, 4) is 0 Å². The van der Waals surface area contributed by atoms with E-state index in [2.05, 4.69) is 5.43 Å². The Morgan fingerprint density at radius 3 is 1.92 bits per heavy atom. The maximum Gasteiger partial charge on any atom is 0.265 e. The molecule has 0 spiro atoms. The predicted molar refractivity (Wildman–Crippen MR) is 99.8 cm³/mol. The summed E-state index contributed by atoms with van der Waals surface area (Å²) in [5.41, 5.74) is 4.90. The molecule has 0 saturated carbocycles. The van der Waals surface area contributed by atoms with Crippen molar-refractivity contribution in [1.82, 2.24) is 5.43 Å². The number of hydrazine groups is 1. The average Bonchev–Trinajstić information content (AvgIpc) is 3.05. The summed E-state index contributed by atoms with van der Waals surface area (Å²) in [5, 5.41) is 21.0. The van der Waals surface area contributed by atoms with Gasteiger partial charge in [-0.2, -0.15) is 0 Å². The monoisotopic (exact) mass is 394 g/mol. The number of hydrogen-bond donors (Lipinski definition) is 1. The van der Waals surface area contributed by atoms with Crippen molar-refractivity contribution < 1.29 is 8.66 Å². The van der Waals surface area contributed by atoms with Gasteiger partial charge in [0.05, 0.1) is 20.4 Å². The lowest BCUT2D eigenvalue weighted by Crippen LogP contribution is -2.22. The zero-order valence-electron chi connectivity index (χ0n) is 12.4. The third-order valence-corrected chi connectivity index (χ3v) is 5.39. The Kier molecular flexibility index (Phi) is 5.36. The predicted octanol–water partition coefficient (Wildman–Crippen LogP) is 4.23. The maximum atomic E-state index is 10.5. The van der Waals surface area contributed by atoms with E-state index in [0.717, 1.165) is 16.2 Å². The molecule has 1 aliphatic heterocycles. The highest BCUT2D eigenvalue weighted by Gasteiger charge is 2.18. The summed E-state index contributed by atoms with van der Waals surface area (Å²) in [6.07, 6.45) is 1.83. The fraction of sp³-hybridized carbons (Fsp3) is 0. The summed E-state index contributed by atoms with van der Waals surface area (Å²) in [6, 6.07) is 14.0. The molecular weight excluding hydrogens is 384 g/mol. The summed E-state index contributed by atoms with van der Waals surface area (Å²) in [6.45, 7) is 0. The lowest BCUT2D eigenvalue weighted by molar-refractivity contribution is -0.284. The number of nitro groups is 2. The van der Waals surface area contributed by atoms with Crippen molar-refractivity contribution in [2.45, 2.75) is 9.79 Å². The highest BCUT2D eigenvalue weighted by atomic mass is 32.2. The van der Waals surface area contributed by atoms with Crippen LogP contribution in [-0.4, -0.2) is 8.66 Å². The van der Waals surface area contributed by atoms with Crippen LogP contribution in [0.5, 0.6) is 0 Å². The van der Waals surface area contributed by atoms with E-state index in [4.69, 9.17) is 0 Å². The molecule has 11 heteroatoms. The smallest absolute Gasteiger partial charge is 0.265 e. The molecule has 3 rings (SSSR count). The zero-order valence-corrected chi connectivity index (χ0v) is 14.8. The molecule has 25 heavy (non-hydrogen) atoms. The molecule has 0 atom stereocenters. The van der Waals surface area contributed by atoms with E-state index in [9.17, 15) is 20.2 Å². The van der Waals surface area contributed by atoms with Crippen molar-refractivity contribution in [2.75, 3.05) is 4.41 Å². The number of nitrogens with zero attached hydrogens (tertiary/aromatic N) is 3. The van der Waals surface area contributed by atoms with Crippen LogP contribution in [0.2, 0.25) is 0 Å². The molecule has 0 amide bonds. The van der Waals surface area contributed by atoms with Crippen LogP contribution in [0.25, 0.3) is 4.91 Å². The van der Waals surface area contributed by atoms with Gasteiger partial charge in [0.15, 0.2) is 0 Å². The minimum absolute atomic E-state index is 0.442. The van der Waals surface area contributed by atoms with E-state index in [1.165, 1.54) is 11.9 Å². The molecule has 128 valence electrons. The molecule has 1 heterocycles. The minimum Gasteiger partial charge on any atom is -0.294 e. The molecular formula is C14H10N4O4S3. The molecule has 2 aromatic carbocycles. The lowest BCUT2D eigenvalue weighted by Gasteiger charge is -2.17. The number of anilines is 1. The molecule has 0 radical (unpaired) electrons. The molecule has 1 N–H and O–H groups in total. The topological polar surface area (TPSA) is 102 Å². The van der Waals surface area contributed by atoms with Crippen LogP contribution in [0.15, 0.2) is 64.5 Å². The molecule has 0 fully saturated rings. The molecule has 0 aromatic heterocycles. The fourth-order valence-electron chi connectivity index (χ4n) is 2.03. The van der Waals surface area contributed by atoms with Crippen molar-refractivity contribution in [3.63, 3.8) is 0 Å². The Hall–Kier alpha value is -2.37. The van der Waals surface area contributed by atoms with Crippen LogP contribution in [0.4, 0.5) is 5.69 Å². The van der Waals surface area contributed by atoms with Gasteiger partial charge in [-0.05, 0) is 42.0 Å². The van der Waals surface area contributed by atoms with Crippen molar-refractivity contribution in [1.29, 1.82) is 0 Å². The van der Waals surface area contributed by atoms with Gasteiger partial charge in [0.1, 0.15) is 8.66 Å². The van der Waals surface area contributed by atoms with E-state index >= 15 is 0 Å². The Bertz CT molecular complexity index is 827. The van der Waals surface area contributed by atoms with Crippen LogP contribution in [-0.2, 0) is 0 Å². The Balaban J connectivity index is 1.64. The van der Waals surface area contributed by atoms with Gasteiger partial charge >= 0.3 is 0 Å². The van der Waals surface area contributed by atoms with Crippen LogP contribution in [0.3, 0.4) is 0 Å². The van der Waals surface area contributed by atoms with Crippen LogP contribution < -0.4 is 9.84 Å². The highest BCUT2D eigenvalue weighted by Crippen LogP contribution is 2.37. The molecule has 8 nitrogen and oxygen atoms in total. The van der Waals surface area contributed by atoms with Gasteiger partial charge in [0.2, 0.25) is 0 Å². The van der Waals surface area contributed by atoms with Crippen LogP contribution >= 0.6 is 35.8 Å². The van der Waals surface area contributed by atoms with Crippen LogP contribution in [0, 0.1) is 20.2 Å². The van der Waals surface area contributed by atoms with Gasteiger partial charge in [-0.25, -0.2) is 4.41 Å². The van der Waals surface area contributed by atoms with Gasteiger partial charge < -0.3 is 0 Å². The second-order valence-corrected chi connectivity index (χ2v) is 7.56. The minimum atomic E-state index is -0.446. The zero-order chi connectivity index (χ0) is 17.8. The number of benzene rings is 2. The standard InChI is InChI=1S/C14H10N4O4S3/c19-17(20)23-12-5-1-10(2-6-12)14-9-15-16(25-14)11-3-7-13(8-4-11)24-18(21)22/h1-9,15H. The molecule has 0 aliphatic carbocycles. The van der Waals surface area contributed by atoms with Crippen LogP contribution in [0.1, 0.15) is 5.56 Å². The van der Waals surface area contributed by atoms with E-state index in [1.54, 1.807) is 36.4 Å². The Morgan fingerprint density at radius 1 is 0.880 bits per heavy atom. The van der Waals surface area contributed by atoms with E-state index in [1.807, 2.05) is 22.7 Å². The average molecular weight is 394 g/mol. The highest BCUT2D eigenvalue weighted by molar-refractivity contribution is 8.09. The van der Waals surface area contributed by atoms with Gasteiger partial charge in [-0.1, -0.05) is 12.1 Å². The molecule has 2 aromatic rings. The quantitative estimate of drug-likeness (QED) is 0.438. The summed E-state index contributed by atoms with van der Waals surface area (Å²) < 4.78 is 0.941. The number of hydrogen-bond acceptors (Lipinski definition) is 9. The first-order chi connectivity index (χ1) is 12.0. The van der Waals surface area contributed by atoms with Gasteiger partial charge in [0.25, 0.3) is 23.9 Å². The van der Waals surface area contributed by atoms with Crippen molar-refractivity contribution in [3.05, 3.63) is 80.5 Å². The Labute approximate surface area is 155 Å². The lowest BCUT2D eigenvalue weighted by atomic mass is 10.2. The molecule has 0 bridgehead atoms. The Morgan fingerprint density at radius 2 is 1.40 bits per heavy atom. The number of rotatable bonds is 6. The number of nitrogens with one attached hydrogen (secondary N) is 1. The first kappa shape index (κ1) is 17.5. The van der Waals surface area contributed by atoms with E-state index in [0.29, 0.717) is 33.7 Å². The summed E-state index contributed by atoms with van der Waals surface area (Å²) in [4.78, 5) is 23.1. The van der Waals surface area contributed by atoms with Gasteiger partial charge in [-0.15, -0.1) is 0 Å². The summed E-state index contributed by atoms with van der Waals surface area (Å²) in [7, 11) is 0. The van der Waals surface area contributed by atoms with Crippen molar-refractivity contribution >= 4 is 46.4 Å². The largest absolute Gasteiger partial charge is 0.294 e. The normalized spacial score (nSPS) is 13.3. The third-order valence-electron chi connectivity index (χ3n) is 3.07.